The van der Waals surface area contributed by atoms with Gasteiger partial charge in [0, 0.05) is 43.0 Å². The van der Waals surface area contributed by atoms with Gasteiger partial charge < -0.3 is 19.9 Å². The van der Waals surface area contributed by atoms with Gasteiger partial charge >= 0.3 is 0 Å². The van der Waals surface area contributed by atoms with Gasteiger partial charge in [-0.3, -0.25) is 9.59 Å². The van der Waals surface area contributed by atoms with Crippen LogP contribution in [0.2, 0.25) is 0 Å². The summed E-state index contributed by atoms with van der Waals surface area (Å²) in [5.74, 6) is 1.14. The van der Waals surface area contributed by atoms with Crippen molar-refractivity contribution >= 4 is 17.5 Å². The van der Waals surface area contributed by atoms with Gasteiger partial charge in [-0.15, -0.1) is 0 Å². The smallest absolute Gasteiger partial charge is 0.255 e. The molecule has 0 bridgehead atoms. The number of nitrogens with one attached hydrogen (secondary N) is 1. The Balaban J connectivity index is 1.59. The molecule has 1 fully saturated rings. The number of likely N-dealkylation sites (N-methyl/N-ethyl adjacent to an activating group) is 1. The number of carbonyl (C=O) groups excluding carboxylic acids is 2. The molecule has 1 N–H and O–H groups in total. The van der Waals surface area contributed by atoms with Gasteiger partial charge in [0.1, 0.15) is 5.75 Å². The van der Waals surface area contributed by atoms with E-state index < -0.39 is 0 Å². The number of nitrogens with zero attached hydrogens (tertiary/aromatic N) is 2. The molecule has 6 nitrogen and oxygen atoms in total. The number of hydrogen-bond donors (Lipinski definition) is 1. The van der Waals surface area contributed by atoms with Gasteiger partial charge in [-0.2, -0.15) is 0 Å². The van der Waals surface area contributed by atoms with Gasteiger partial charge in [-0.05, 0) is 61.9 Å². The Morgan fingerprint density at radius 2 is 1.70 bits per heavy atom. The molecule has 0 radical (unpaired) electrons. The largest absolute Gasteiger partial charge is 0.494 e. The van der Waals surface area contributed by atoms with Crippen LogP contribution >= 0.6 is 0 Å². The van der Waals surface area contributed by atoms with E-state index in [1.807, 2.05) is 17.0 Å². The average molecular weight is 410 g/mol. The Kier molecular flexibility index (Phi) is 7.46. The van der Waals surface area contributed by atoms with Crippen molar-refractivity contribution < 1.29 is 14.3 Å². The molecule has 6 heteroatoms. The number of ether oxygens (including phenoxy) is 1. The maximum Gasteiger partial charge on any atom is 0.255 e. The molecule has 0 spiro atoms. The van der Waals surface area contributed by atoms with E-state index in [4.69, 9.17) is 4.74 Å². The summed E-state index contributed by atoms with van der Waals surface area (Å²) in [6.45, 7) is 8.17. The van der Waals surface area contributed by atoms with E-state index in [-0.39, 0.29) is 11.8 Å². The highest BCUT2D eigenvalue weighted by Crippen LogP contribution is 2.17. The average Bonchev–Trinajstić information content (AvgIpc) is 2.74. The number of amides is 2. The molecule has 1 heterocycles. The third-order valence-corrected chi connectivity index (χ3v) is 5.24. The lowest BCUT2D eigenvalue weighted by atomic mass is 10.1. The van der Waals surface area contributed by atoms with Crippen molar-refractivity contribution in [1.82, 2.24) is 9.80 Å². The Bertz CT molecular complexity index is 856. The van der Waals surface area contributed by atoms with Crippen LogP contribution in [0.15, 0.2) is 48.5 Å². The number of hydrogen-bond acceptors (Lipinski definition) is 4. The first-order valence-electron chi connectivity index (χ1n) is 10.5. The topological polar surface area (TPSA) is 61.9 Å². The van der Waals surface area contributed by atoms with E-state index >= 15 is 0 Å². The molecule has 2 amide bonds. The van der Waals surface area contributed by atoms with Crippen molar-refractivity contribution in [3.05, 3.63) is 59.7 Å². The molecule has 2 aromatic carbocycles. The van der Waals surface area contributed by atoms with E-state index in [9.17, 15) is 9.59 Å². The summed E-state index contributed by atoms with van der Waals surface area (Å²) in [6, 6.07) is 14.2. The number of benzene rings is 2. The summed E-state index contributed by atoms with van der Waals surface area (Å²) in [6.07, 6.45) is 0.991. The molecule has 2 aromatic rings. The number of piperazine rings is 1. The third-order valence-electron chi connectivity index (χ3n) is 5.24. The molecular weight excluding hydrogens is 378 g/mol. The number of rotatable bonds is 7. The fraction of sp³-hybridized carbons (Fsp3) is 0.417. The predicted octanol–water partition coefficient (Wildman–Crippen LogP) is 3.75. The van der Waals surface area contributed by atoms with Crippen LogP contribution < -0.4 is 10.1 Å². The van der Waals surface area contributed by atoms with Crippen LogP contribution in [0.4, 0.5) is 5.69 Å². The quantitative estimate of drug-likeness (QED) is 0.757. The summed E-state index contributed by atoms with van der Waals surface area (Å²) >= 11 is 0. The standard InChI is InChI=1S/C24H31N3O3/c1-18(2)11-16-30-22-9-7-19(8-10-22)23(28)25-21-6-4-5-20(17-21)24(29)27-14-12-26(3)13-15-27/h4-10,17-18H,11-16H2,1-3H3,(H,25,28). The molecule has 1 saturated heterocycles. The lowest BCUT2D eigenvalue weighted by Crippen LogP contribution is -2.47. The van der Waals surface area contributed by atoms with Gasteiger partial charge in [0.05, 0.1) is 6.61 Å². The Labute approximate surface area is 178 Å². The highest BCUT2D eigenvalue weighted by molar-refractivity contribution is 6.05. The molecule has 160 valence electrons. The zero-order chi connectivity index (χ0) is 21.5. The van der Waals surface area contributed by atoms with Gasteiger partial charge in [-0.1, -0.05) is 19.9 Å². The van der Waals surface area contributed by atoms with E-state index in [1.54, 1.807) is 36.4 Å². The normalized spacial score (nSPS) is 14.6. The maximum atomic E-state index is 12.8. The number of anilines is 1. The second-order valence-corrected chi connectivity index (χ2v) is 8.19. The van der Waals surface area contributed by atoms with Crippen molar-refractivity contribution in [2.45, 2.75) is 20.3 Å². The highest BCUT2D eigenvalue weighted by atomic mass is 16.5. The van der Waals surface area contributed by atoms with Crippen molar-refractivity contribution in [3.63, 3.8) is 0 Å². The molecule has 1 aliphatic heterocycles. The zero-order valence-electron chi connectivity index (χ0n) is 18.1. The summed E-state index contributed by atoms with van der Waals surface area (Å²) in [5, 5.41) is 2.88. The summed E-state index contributed by atoms with van der Waals surface area (Å²) < 4.78 is 5.70. The van der Waals surface area contributed by atoms with Gasteiger partial charge in [0.2, 0.25) is 0 Å². The molecule has 0 unspecified atom stereocenters. The van der Waals surface area contributed by atoms with Crippen molar-refractivity contribution in [1.29, 1.82) is 0 Å². The molecule has 0 aliphatic carbocycles. The number of carbonyl (C=O) groups is 2. The van der Waals surface area contributed by atoms with Crippen LogP contribution in [0.1, 0.15) is 41.0 Å². The van der Waals surface area contributed by atoms with E-state index in [2.05, 4.69) is 31.1 Å². The van der Waals surface area contributed by atoms with Crippen LogP contribution in [-0.4, -0.2) is 61.4 Å². The lowest BCUT2D eigenvalue weighted by Gasteiger charge is -2.32. The summed E-state index contributed by atoms with van der Waals surface area (Å²) in [4.78, 5) is 29.4. The van der Waals surface area contributed by atoms with Crippen molar-refractivity contribution in [2.75, 3.05) is 45.2 Å². The van der Waals surface area contributed by atoms with Crippen LogP contribution in [0.3, 0.4) is 0 Å². The van der Waals surface area contributed by atoms with Gasteiger partial charge in [0.15, 0.2) is 0 Å². The second-order valence-electron chi connectivity index (χ2n) is 8.19. The Morgan fingerprint density at radius 3 is 2.37 bits per heavy atom. The molecule has 1 aliphatic rings. The SMILES string of the molecule is CC(C)CCOc1ccc(C(=O)Nc2cccc(C(=O)N3CCN(C)CC3)c2)cc1. The van der Waals surface area contributed by atoms with Gasteiger partial charge in [-0.25, -0.2) is 0 Å². The Morgan fingerprint density at radius 1 is 1.00 bits per heavy atom. The first kappa shape index (κ1) is 21.8. The lowest BCUT2D eigenvalue weighted by molar-refractivity contribution is 0.0664. The molecular formula is C24H31N3O3. The maximum absolute atomic E-state index is 12.8. The third kappa shape index (κ3) is 6.07. The molecule has 0 atom stereocenters. The van der Waals surface area contributed by atoms with Gasteiger partial charge in [0.25, 0.3) is 11.8 Å². The highest BCUT2D eigenvalue weighted by Gasteiger charge is 2.20. The molecule has 0 aromatic heterocycles. The van der Waals surface area contributed by atoms with Crippen LogP contribution in [-0.2, 0) is 0 Å². The molecule has 3 rings (SSSR count). The van der Waals surface area contributed by atoms with Crippen LogP contribution in [0.5, 0.6) is 5.75 Å². The monoisotopic (exact) mass is 409 g/mol. The van der Waals surface area contributed by atoms with Crippen molar-refractivity contribution in [3.8, 4) is 5.75 Å². The summed E-state index contributed by atoms with van der Waals surface area (Å²) in [5.41, 5.74) is 1.74. The van der Waals surface area contributed by atoms with E-state index in [0.29, 0.717) is 29.3 Å². The first-order chi connectivity index (χ1) is 14.4. The fourth-order valence-electron chi connectivity index (χ4n) is 3.24. The van der Waals surface area contributed by atoms with Crippen LogP contribution in [0, 0.1) is 5.92 Å². The Hall–Kier alpha value is -2.86. The fourth-order valence-corrected chi connectivity index (χ4v) is 3.24. The molecule has 0 saturated carbocycles. The molecule has 30 heavy (non-hydrogen) atoms. The van der Waals surface area contributed by atoms with Crippen LogP contribution in [0.25, 0.3) is 0 Å². The van der Waals surface area contributed by atoms with E-state index in [1.165, 1.54) is 0 Å². The van der Waals surface area contributed by atoms with Crippen molar-refractivity contribution in [2.24, 2.45) is 5.92 Å². The summed E-state index contributed by atoms with van der Waals surface area (Å²) in [7, 11) is 2.06. The minimum absolute atomic E-state index is 0.00194. The minimum atomic E-state index is -0.215. The van der Waals surface area contributed by atoms with E-state index in [0.717, 1.165) is 38.3 Å². The second kappa shape index (κ2) is 10.3. The first-order valence-corrected chi connectivity index (χ1v) is 10.5. The minimum Gasteiger partial charge on any atom is -0.494 e. The predicted molar refractivity (Wildman–Crippen MR) is 119 cm³/mol. The zero-order valence-corrected chi connectivity index (χ0v) is 18.1.